The molecule has 0 aliphatic heterocycles. The molecule has 2 aromatic carbocycles. The maximum absolute atomic E-state index is 13.8. The molecule has 0 saturated carbocycles. The lowest BCUT2D eigenvalue weighted by Crippen LogP contribution is -2.23. The second-order valence-electron chi connectivity index (χ2n) is 4.98. The third kappa shape index (κ3) is 1.89. The van der Waals surface area contributed by atoms with E-state index in [-0.39, 0.29) is 5.82 Å². The molecule has 2 nitrogen and oxygen atoms in total. The molecule has 2 aromatic rings. The fourth-order valence-corrected chi connectivity index (χ4v) is 3.05. The first-order valence-electron chi connectivity index (χ1n) is 6.40. The number of ether oxygens (including phenoxy) is 1. The Bertz CT molecular complexity index is 672. The summed E-state index contributed by atoms with van der Waals surface area (Å²) in [5.41, 5.74) is 0.698. The van der Waals surface area contributed by atoms with Crippen LogP contribution in [-0.4, -0.2) is 12.2 Å². The van der Waals surface area contributed by atoms with Crippen LogP contribution in [-0.2, 0) is 12.0 Å². The molecular formula is C16H14ClFO2. The van der Waals surface area contributed by atoms with Crippen LogP contribution in [0.2, 0.25) is 5.02 Å². The van der Waals surface area contributed by atoms with E-state index in [1.165, 1.54) is 13.2 Å². The van der Waals surface area contributed by atoms with Crippen LogP contribution < -0.4 is 4.74 Å². The van der Waals surface area contributed by atoms with Gasteiger partial charge in [0.1, 0.15) is 17.2 Å². The SMILES string of the molecule is COc1cc(C2(O)CCc3c(F)cccc32)ccc1Cl. The van der Waals surface area contributed by atoms with E-state index in [1.807, 2.05) is 0 Å². The first kappa shape index (κ1) is 13.4. The van der Waals surface area contributed by atoms with Gasteiger partial charge in [-0.1, -0.05) is 29.8 Å². The van der Waals surface area contributed by atoms with Crippen molar-refractivity contribution in [2.24, 2.45) is 0 Å². The summed E-state index contributed by atoms with van der Waals surface area (Å²) in [4.78, 5) is 0. The molecule has 20 heavy (non-hydrogen) atoms. The van der Waals surface area contributed by atoms with Gasteiger partial charge in [-0.05, 0) is 47.7 Å². The summed E-state index contributed by atoms with van der Waals surface area (Å²) >= 11 is 6.01. The lowest BCUT2D eigenvalue weighted by Gasteiger charge is -2.25. The van der Waals surface area contributed by atoms with Gasteiger partial charge in [0.15, 0.2) is 0 Å². The minimum absolute atomic E-state index is 0.264. The maximum atomic E-state index is 13.8. The van der Waals surface area contributed by atoms with Gasteiger partial charge in [-0.3, -0.25) is 0 Å². The van der Waals surface area contributed by atoms with Gasteiger partial charge in [-0.15, -0.1) is 0 Å². The maximum Gasteiger partial charge on any atom is 0.137 e. The van der Waals surface area contributed by atoms with E-state index in [1.54, 1.807) is 30.3 Å². The number of hydrogen-bond donors (Lipinski definition) is 1. The fourth-order valence-electron chi connectivity index (χ4n) is 2.86. The number of methoxy groups -OCH3 is 1. The summed E-state index contributed by atoms with van der Waals surface area (Å²) in [5, 5.41) is 11.5. The van der Waals surface area contributed by atoms with E-state index in [2.05, 4.69) is 0 Å². The van der Waals surface area contributed by atoms with Gasteiger partial charge in [0.2, 0.25) is 0 Å². The van der Waals surface area contributed by atoms with Crippen LogP contribution in [0.5, 0.6) is 5.75 Å². The van der Waals surface area contributed by atoms with Gasteiger partial charge in [0.05, 0.1) is 12.1 Å². The van der Waals surface area contributed by atoms with Gasteiger partial charge in [0.25, 0.3) is 0 Å². The van der Waals surface area contributed by atoms with E-state index in [4.69, 9.17) is 16.3 Å². The van der Waals surface area contributed by atoms with Crippen molar-refractivity contribution in [3.05, 3.63) is 63.9 Å². The van der Waals surface area contributed by atoms with E-state index < -0.39 is 5.60 Å². The van der Waals surface area contributed by atoms with Crippen LogP contribution in [0.4, 0.5) is 4.39 Å². The Hall–Kier alpha value is -1.58. The van der Waals surface area contributed by atoms with Gasteiger partial charge in [-0.25, -0.2) is 4.39 Å². The molecule has 1 unspecified atom stereocenters. The fraction of sp³-hybridized carbons (Fsp3) is 0.250. The van der Waals surface area contributed by atoms with Crippen LogP contribution in [0.15, 0.2) is 36.4 Å². The van der Waals surface area contributed by atoms with Gasteiger partial charge in [0, 0.05) is 0 Å². The Morgan fingerprint density at radius 3 is 2.85 bits per heavy atom. The highest BCUT2D eigenvalue weighted by atomic mass is 35.5. The molecule has 1 aliphatic rings. The van der Waals surface area contributed by atoms with E-state index >= 15 is 0 Å². The summed E-state index contributed by atoms with van der Waals surface area (Å²) in [7, 11) is 1.53. The molecule has 0 spiro atoms. The van der Waals surface area contributed by atoms with Crippen LogP contribution in [0.25, 0.3) is 0 Å². The third-order valence-corrected chi connectivity index (χ3v) is 4.24. The minimum Gasteiger partial charge on any atom is -0.495 e. The van der Waals surface area contributed by atoms with Crippen molar-refractivity contribution in [3.63, 3.8) is 0 Å². The van der Waals surface area contributed by atoms with Crippen molar-refractivity contribution >= 4 is 11.6 Å². The quantitative estimate of drug-likeness (QED) is 0.915. The first-order chi connectivity index (χ1) is 9.56. The number of fused-ring (bicyclic) bond motifs is 1. The Kier molecular flexibility index (Phi) is 3.19. The van der Waals surface area contributed by atoms with Crippen LogP contribution in [0.1, 0.15) is 23.1 Å². The molecule has 0 aromatic heterocycles. The first-order valence-corrected chi connectivity index (χ1v) is 6.78. The average molecular weight is 293 g/mol. The molecule has 0 bridgehead atoms. The molecule has 1 N–H and O–H groups in total. The smallest absolute Gasteiger partial charge is 0.137 e. The van der Waals surface area contributed by atoms with E-state index in [9.17, 15) is 9.50 Å². The molecule has 0 heterocycles. The summed E-state index contributed by atoms with van der Waals surface area (Å²) in [5.74, 6) is 0.238. The monoisotopic (exact) mass is 292 g/mol. The van der Waals surface area contributed by atoms with Crippen molar-refractivity contribution in [2.45, 2.75) is 18.4 Å². The van der Waals surface area contributed by atoms with Crippen LogP contribution in [0.3, 0.4) is 0 Å². The highest BCUT2D eigenvalue weighted by Crippen LogP contribution is 2.44. The molecule has 0 amide bonds. The Morgan fingerprint density at radius 2 is 2.10 bits per heavy atom. The lowest BCUT2D eigenvalue weighted by molar-refractivity contribution is 0.0826. The van der Waals surface area contributed by atoms with Crippen LogP contribution in [0, 0.1) is 5.82 Å². The minimum atomic E-state index is -1.19. The summed E-state index contributed by atoms with van der Waals surface area (Å²) in [6, 6.07) is 9.97. The molecule has 0 radical (unpaired) electrons. The van der Waals surface area contributed by atoms with Gasteiger partial charge < -0.3 is 9.84 Å². The predicted molar refractivity (Wildman–Crippen MR) is 75.7 cm³/mol. The number of hydrogen-bond acceptors (Lipinski definition) is 2. The second kappa shape index (κ2) is 4.76. The molecule has 1 aliphatic carbocycles. The number of benzene rings is 2. The molecule has 104 valence electrons. The molecule has 1 atom stereocenters. The molecule has 3 rings (SSSR count). The van der Waals surface area contributed by atoms with E-state index in [0.717, 1.165) is 0 Å². The topological polar surface area (TPSA) is 29.5 Å². The van der Waals surface area contributed by atoms with Crippen molar-refractivity contribution < 1.29 is 14.2 Å². The molecule has 0 saturated heterocycles. The predicted octanol–water partition coefficient (Wildman–Crippen LogP) is 3.67. The Labute approximate surface area is 121 Å². The number of halogens is 2. The zero-order valence-corrected chi connectivity index (χ0v) is 11.7. The third-order valence-electron chi connectivity index (χ3n) is 3.93. The second-order valence-corrected chi connectivity index (χ2v) is 5.38. The Balaban J connectivity index is 2.14. The van der Waals surface area contributed by atoms with E-state index in [0.29, 0.717) is 40.3 Å². The van der Waals surface area contributed by atoms with Crippen molar-refractivity contribution in [1.82, 2.24) is 0 Å². The van der Waals surface area contributed by atoms with Gasteiger partial charge in [-0.2, -0.15) is 0 Å². The Morgan fingerprint density at radius 1 is 1.30 bits per heavy atom. The highest BCUT2D eigenvalue weighted by Gasteiger charge is 2.39. The standard InChI is InChI=1S/C16H14ClFO2/c1-20-15-9-10(5-6-13(15)17)16(19)8-7-11-12(16)3-2-4-14(11)18/h2-6,9,19H,7-8H2,1H3. The number of aliphatic hydroxyl groups is 1. The van der Waals surface area contributed by atoms with Crippen molar-refractivity contribution in [2.75, 3.05) is 7.11 Å². The molecular weight excluding hydrogens is 279 g/mol. The average Bonchev–Trinajstić information content (AvgIpc) is 2.80. The largest absolute Gasteiger partial charge is 0.495 e. The van der Waals surface area contributed by atoms with Gasteiger partial charge >= 0.3 is 0 Å². The molecule has 0 fully saturated rings. The van der Waals surface area contributed by atoms with Crippen molar-refractivity contribution in [3.8, 4) is 5.75 Å². The zero-order valence-electron chi connectivity index (χ0n) is 11.0. The summed E-state index contributed by atoms with van der Waals surface area (Å²) in [6.07, 6.45) is 0.970. The molecule has 4 heteroatoms. The normalized spacial score (nSPS) is 20.8. The number of rotatable bonds is 2. The lowest BCUT2D eigenvalue weighted by atomic mass is 9.88. The zero-order chi connectivity index (χ0) is 14.3. The summed E-state index contributed by atoms with van der Waals surface area (Å²) < 4.78 is 19.0. The highest BCUT2D eigenvalue weighted by molar-refractivity contribution is 6.32. The summed E-state index contributed by atoms with van der Waals surface area (Å²) in [6.45, 7) is 0. The van der Waals surface area contributed by atoms with Crippen molar-refractivity contribution in [1.29, 1.82) is 0 Å². The van der Waals surface area contributed by atoms with Crippen LogP contribution >= 0.6 is 11.6 Å².